The van der Waals surface area contributed by atoms with E-state index in [1.807, 2.05) is 29.3 Å². The molecule has 3 aromatic rings. The Balaban J connectivity index is 0.000000878. The van der Waals surface area contributed by atoms with E-state index < -0.39 is 0 Å². The van der Waals surface area contributed by atoms with Crippen molar-refractivity contribution >= 4 is 6.47 Å². The van der Waals surface area contributed by atoms with Crippen molar-refractivity contribution in [2.75, 3.05) is 0 Å². The summed E-state index contributed by atoms with van der Waals surface area (Å²) < 4.78 is 1.99. The zero-order valence-electron chi connectivity index (χ0n) is 16.8. The molecule has 0 aliphatic rings. The van der Waals surface area contributed by atoms with Crippen LogP contribution in [0.2, 0.25) is 0 Å². The molecule has 3 rings (SSSR count). The third-order valence-electron chi connectivity index (χ3n) is 4.58. The van der Waals surface area contributed by atoms with Gasteiger partial charge < -0.3 is 10.4 Å². The van der Waals surface area contributed by atoms with Gasteiger partial charge in [0.2, 0.25) is 0 Å². The lowest BCUT2D eigenvalue weighted by atomic mass is 9.96. The summed E-state index contributed by atoms with van der Waals surface area (Å²) in [6.45, 7) is 9.09. The van der Waals surface area contributed by atoms with E-state index in [0.29, 0.717) is 6.04 Å². The van der Waals surface area contributed by atoms with E-state index in [2.05, 4.69) is 73.6 Å². The highest BCUT2D eigenvalue weighted by Gasteiger charge is 2.15. The molecule has 0 radical (unpaired) electrons. The molecule has 6 nitrogen and oxygen atoms in total. The molecule has 0 saturated carbocycles. The van der Waals surface area contributed by atoms with Gasteiger partial charge in [0.05, 0.1) is 12.2 Å². The van der Waals surface area contributed by atoms with Crippen molar-refractivity contribution < 1.29 is 9.90 Å². The number of rotatable bonds is 6. The van der Waals surface area contributed by atoms with Crippen molar-refractivity contribution in [1.82, 2.24) is 20.1 Å². The van der Waals surface area contributed by atoms with E-state index >= 15 is 0 Å². The number of benzene rings is 1. The lowest BCUT2D eigenvalue weighted by Gasteiger charge is -2.20. The van der Waals surface area contributed by atoms with Crippen LogP contribution < -0.4 is 5.32 Å². The zero-order chi connectivity index (χ0) is 20.5. The lowest BCUT2D eigenvalue weighted by molar-refractivity contribution is -0.122. The van der Waals surface area contributed by atoms with Gasteiger partial charge in [0.25, 0.3) is 6.47 Å². The number of hydrogen-bond acceptors (Lipinski definition) is 4. The second kappa shape index (κ2) is 10.4. The van der Waals surface area contributed by atoms with Gasteiger partial charge in [0.15, 0.2) is 0 Å². The average molecular weight is 380 g/mol. The number of hydrogen-bond donors (Lipinski definition) is 2. The Labute approximate surface area is 166 Å². The van der Waals surface area contributed by atoms with Gasteiger partial charge in [0.1, 0.15) is 0 Å². The SMILES string of the molecule is Cc1ccc(C(NCc2cnn(C(C)C)c2)c2cccnc2)cc1C.O=CO. The number of nitrogens with one attached hydrogen (secondary N) is 1. The second-order valence-corrected chi connectivity index (χ2v) is 6.97. The molecule has 0 aliphatic carbocycles. The molecule has 2 heterocycles. The molecule has 2 aromatic heterocycles. The summed E-state index contributed by atoms with van der Waals surface area (Å²) in [5.41, 5.74) is 6.23. The highest BCUT2D eigenvalue weighted by molar-refractivity contribution is 5.36. The second-order valence-electron chi connectivity index (χ2n) is 6.97. The Morgan fingerprint density at radius 2 is 1.89 bits per heavy atom. The molecule has 28 heavy (non-hydrogen) atoms. The molecular weight excluding hydrogens is 352 g/mol. The smallest absolute Gasteiger partial charge is 0.290 e. The van der Waals surface area contributed by atoms with Gasteiger partial charge in [-0.2, -0.15) is 5.10 Å². The van der Waals surface area contributed by atoms with Gasteiger partial charge >= 0.3 is 0 Å². The number of carboxylic acid groups (broad SMARTS) is 1. The number of aromatic nitrogens is 3. The van der Waals surface area contributed by atoms with Crippen molar-refractivity contribution in [1.29, 1.82) is 0 Å². The van der Waals surface area contributed by atoms with Crippen molar-refractivity contribution in [3.05, 3.63) is 82.9 Å². The molecular formula is C22H28N4O2. The molecule has 1 unspecified atom stereocenters. The van der Waals surface area contributed by atoms with Gasteiger partial charge in [-0.25, -0.2) is 0 Å². The van der Waals surface area contributed by atoms with Crippen molar-refractivity contribution in [2.24, 2.45) is 0 Å². The third-order valence-corrected chi connectivity index (χ3v) is 4.58. The number of aryl methyl sites for hydroxylation is 2. The molecule has 0 amide bonds. The van der Waals surface area contributed by atoms with Crippen LogP contribution in [0, 0.1) is 13.8 Å². The zero-order valence-corrected chi connectivity index (χ0v) is 16.8. The minimum absolute atomic E-state index is 0.107. The fourth-order valence-electron chi connectivity index (χ4n) is 2.89. The summed E-state index contributed by atoms with van der Waals surface area (Å²) in [7, 11) is 0. The van der Waals surface area contributed by atoms with Crippen LogP contribution in [0.1, 0.15) is 53.7 Å². The van der Waals surface area contributed by atoms with Crippen LogP contribution in [0.3, 0.4) is 0 Å². The highest BCUT2D eigenvalue weighted by Crippen LogP contribution is 2.24. The fourth-order valence-corrected chi connectivity index (χ4v) is 2.89. The molecule has 0 saturated heterocycles. The number of pyridine rings is 1. The summed E-state index contributed by atoms with van der Waals surface area (Å²) in [6, 6.07) is 11.2. The lowest BCUT2D eigenvalue weighted by Crippen LogP contribution is -2.22. The molecule has 2 N–H and O–H groups in total. The van der Waals surface area contributed by atoms with Gasteiger partial charge in [-0.05, 0) is 56.0 Å². The van der Waals surface area contributed by atoms with Gasteiger partial charge in [-0.1, -0.05) is 24.3 Å². The summed E-state index contributed by atoms with van der Waals surface area (Å²) in [5, 5.41) is 15.0. The average Bonchev–Trinajstić information content (AvgIpc) is 3.16. The first kappa shape index (κ1) is 21.3. The van der Waals surface area contributed by atoms with Crippen LogP contribution in [0.25, 0.3) is 0 Å². The summed E-state index contributed by atoms with van der Waals surface area (Å²) >= 11 is 0. The van der Waals surface area contributed by atoms with Gasteiger partial charge in [0, 0.05) is 36.7 Å². The van der Waals surface area contributed by atoms with Crippen LogP contribution in [-0.2, 0) is 11.3 Å². The van der Waals surface area contributed by atoms with Crippen molar-refractivity contribution in [3.8, 4) is 0 Å². The topological polar surface area (TPSA) is 80.0 Å². The first-order valence-corrected chi connectivity index (χ1v) is 9.27. The molecule has 0 spiro atoms. The first-order chi connectivity index (χ1) is 13.5. The Morgan fingerprint density at radius 1 is 1.14 bits per heavy atom. The predicted octanol–water partition coefficient (Wildman–Crippen LogP) is 4.06. The van der Waals surface area contributed by atoms with E-state index in [0.717, 1.165) is 6.54 Å². The maximum Gasteiger partial charge on any atom is 0.290 e. The Hall–Kier alpha value is -2.99. The Morgan fingerprint density at radius 3 is 2.46 bits per heavy atom. The van der Waals surface area contributed by atoms with Crippen LogP contribution >= 0.6 is 0 Å². The van der Waals surface area contributed by atoms with Crippen LogP contribution in [-0.4, -0.2) is 26.3 Å². The molecule has 0 aliphatic heterocycles. The van der Waals surface area contributed by atoms with E-state index in [4.69, 9.17) is 9.90 Å². The number of nitrogens with zero attached hydrogens (tertiary/aromatic N) is 3. The summed E-state index contributed by atoms with van der Waals surface area (Å²) in [5.74, 6) is 0. The van der Waals surface area contributed by atoms with Crippen LogP contribution in [0.4, 0.5) is 0 Å². The normalized spacial score (nSPS) is 11.6. The molecule has 1 atom stereocenters. The van der Waals surface area contributed by atoms with Gasteiger partial charge in [-0.3, -0.25) is 14.5 Å². The molecule has 1 aromatic carbocycles. The third kappa shape index (κ3) is 5.76. The highest BCUT2D eigenvalue weighted by atomic mass is 16.3. The van der Waals surface area contributed by atoms with E-state index in [1.165, 1.54) is 27.8 Å². The predicted molar refractivity (Wildman–Crippen MR) is 110 cm³/mol. The molecule has 148 valence electrons. The maximum atomic E-state index is 8.36. The van der Waals surface area contributed by atoms with Crippen LogP contribution in [0.5, 0.6) is 0 Å². The van der Waals surface area contributed by atoms with E-state index in [-0.39, 0.29) is 12.5 Å². The molecule has 6 heteroatoms. The quantitative estimate of drug-likeness (QED) is 0.631. The monoisotopic (exact) mass is 380 g/mol. The minimum atomic E-state index is -0.250. The standard InChI is InChI=1S/C21H26N4.CH2O2/c1-15(2)25-14-18(12-24-25)11-23-21(20-6-5-9-22-13-20)19-8-7-16(3)17(4)10-19;2-1-3/h5-10,12-15,21,23H,11H2,1-4H3;1H,(H,2,3). The summed E-state index contributed by atoms with van der Waals surface area (Å²) in [4.78, 5) is 12.7. The molecule has 0 fully saturated rings. The van der Waals surface area contributed by atoms with E-state index in [9.17, 15) is 0 Å². The van der Waals surface area contributed by atoms with E-state index in [1.54, 1.807) is 0 Å². The van der Waals surface area contributed by atoms with Crippen LogP contribution in [0.15, 0.2) is 55.1 Å². The largest absolute Gasteiger partial charge is 0.483 e. The maximum absolute atomic E-state index is 8.36. The van der Waals surface area contributed by atoms with Crippen molar-refractivity contribution in [2.45, 2.75) is 46.3 Å². The fraction of sp³-hybridized carbons (Fsp3) is 0.318. The number of carbonyl (C=O) groups is 1. The molecule has 0 bridgehead atoms. The first-order valence-electron chi connectivity index (χ1n) is 9.27. The Bertz CT molecular complexity index is 875. The van der Waals surface area contributed by atoms with Crippen molar-refractivity contribution in [3.63, 3.8) is 0 Å². The van der Waals surface area contributed by atoms with Gasteiger partial charge in [-0.15, -0.1) is 0 Å². The summed E-state index contributed by atoms with van der Waals surface area (Å²) in [6.07, 6.45) is 7.80. The Kier molecular flexibility index (Phi) is 7.89. The minimum Gasteiger partial charge on any atom is -0.483 e.